The third-order valence-corrected chi connectivity index (χ3v) is 8.03. The lowest BCUT2D eigenvalue weighted by atomic mass is 9.89. The standard InChI is InChI=1S/C29H34O17/c1-41-14-3-9(4-15(42-2)20(14)33)11-5-10(32)18-12(43-11)6-13(45-29-27(40)25(38)22(35)17(8-31)46-29)19(23(18)36)28-26(39)24(37)21(34)16(7-30)44-28/h3-6,16-17,21-22,24-31,33-40H,7-8H2,1-2H3/t16-,17-,21+,22-,24+,25-,26-,27-,28+,29-/m0/s1. The third kappa shape index (κ3) is 5.71. The van der Waals surface area contributed by atoms with E-state index in [9.17, 15) is 55.9 Å². The Morgan fingerprint density at radius 2 is 1.26 bits per heavy atom. The van der Waals surface area contributed by atoms with E-state index in [-0.39, 0.29) is 34.2 Å². The molecule has 17 nitrogen and oxygen atoms in total. The van der Waals surface area contributed by atoms with Crippen molar-refractivity contribution < 1.29 is 79.2 Å². The second-order valence-corrected chi connectivity index (χ2v) is 10.8. The second kappa shape index (κ2) is 13.2. The molecule has 2 saturated heterocycles. The van der Waals surface area contributed by atoms with Gasteiger partial charge in [-0.1, -0.05) is 0 Å². The number of methoxy groups -OCH3 is 2. The molecule has 2 aromatic carbocycles. The average Bonchev–Trinajstić information content (AvgIpc) is 3.04. The van der Waals surface area contributed by atoms with Crippen molar-refractivity contribution in [2.75, 3.05) is 27.4 Å². The van der Waals surface area contributed by atoms with E-state index in [1.165, 1.54) is 26.4 Å². The van der Waals surface area contributed by atoms with E-state index < -0.39 is 102 Å². The van der Waals surface area contributed by atoms with Crippen LogP contribution in [0.4, 0.5) is 0 Å². The van der Waals surface area contributed by atoms with E-state index in [4.69, 9.17) is 28.1 Å². The molecular weight excluding hydrogens is 620 g/mol. The van der Waals surface area contributed by atoms with Crippen LogP contribution in [0.3, 0.4) is 0 Å². The third-order valence-electron chi connectivity index (χ3n) is 8.03. The van der Waals surface area contributed by atoms with Gasteiger partial charge in [-0.05, 0) is 12.1 Å². The van der Waals surface area contributed by atoms with Gasteiger partial charge in [0.2, 0.25) is 12.0 Å². The Balaban J connectivity index is 1.71. The van der Waals surface area contributed by atoms with Crippen molar-refractivity contribution in [3.63, 3.8) is 0 Å². The van der Waals surface area contributed by atoms with Gasteiger partial charge in [0.05, 0.1) is 33.0 Å². The van der Waals surface area contributed by atoms with E-state index in [0.29, 0.717) is 0 Å². The van der Waals surface area contributed by atoms with Crippen LogP contribution in [0.2, 0.25) is 0 Å². The topological polar surface area (TPSA) is 279 Å². The Hall–Kier alpha value is -3.75. The Morgan fingerprint density at radius 3 is 1.83 bits per heavy atom. The van der Waals surface area contributed by atoms with Crippen molar-refractivity contribution >= 4 is 11.0 Å². The molecule has 10 N–H and O–H groups in total. The van der Waals surface area contributed by atoms with Crippen LogP contribution in [-0.4, -0.2) is 134 Å². The predicted octanol–water partition coefficient (Wildman–Crippen LogP) is -2.42. The Bertz CT molecular complexity index is 1590. The molecule has 46 heavy (non-hydrogen) atoms. The van der Waals surface area contributed by atoms with Crippen LogP contribution in [0.15, 0.2) is 33.5 Å². The lowest BCUT2D eigenvalue weighted by Crippen LogP contribution is -2.60. The van der Waals surface area contributed by atoms with E-state index in [1.54, 1.807) is 0 Å². The van der Waals surface area contributed by atoms with E-state index >= 15 is 0 Å². The van der Waals surface area contributed by atoms with Crippen molar-refractivity contribution in [2.24, 2.45) is 0 Å². The first kappa shape index (κ1) is 33.6. The predicted molar refractivity (Wildman–Crippen MR) is 151 cm³/mol. The largest absolute Gasteiger partial charge is 0.506 e. The fourth-order valence-electron chi connectivity index (χ4n) is 5.48. The molecule has 17 heteroatoms. The highest BCUT2D eigenvalue weighted by atomic mass is 16.7. The normalized spacial score (nSPS) is 31.5. The van der Waals surface area contributed by atoms with E-state index in [2.05, 4.69) is 0 Å². The quantitative estimate of drug-likeness (QED) is 0.121. The molecule has 2 fully saturated rings. The number of hydrogen-bond donors (Lipinski definition) is 10. The molecule has 252 valence electrons. The molecule has 0 aliphatic carbocycles. The highest BCUT2D eigenvalue weighted by Gasteiger charge is 2.48. The van der Waals surface area contributed by atoms with Crippen molar-refractivity contribution in [3.05, 3.63) is 40.1 Å². The summed E-state index contributed by atoms with van der Waals surface area (Å²) in [4.78, 5) is 13.5. The van der Waals surface area contributed by atoms with Crippen molar-refractivity contribution in [2.45, 2.75) is 61.2 Å². The van der Waals surface area contributed by atoms with E-state index in [1.807, 2.05) is 0 Å². The number of aliphatic hydroxyl groups is 8. The van der Waals surface area contributed by atoms with Gasteiger partial charge in [-0.2, -0.15) is 0 Å². The summed E-state index contributed by atoms with van der Waals surface area (Å²) in [5.74, 6) is -1.86. The summed E-state index contributed by atoms with van der Waals surface area (Å²) in [7, 11) is 2.58. The molecule has 2 aliphatic rings. The van der Waals surface area contributed by atoms with Crippen LogP contribution < -0.4 is 19.6 Å². The first-order valence-corrected chi connectivity index (χ1v) is 13.9. The van der Waals surface area contributed by atoms with E-state index in [0.717, 1.165) is 12.1 Å². The molecule has 3 heterocycles. The molecule has 0 amide bonds. The highest BCUT2D eigenvalue weighted by molar-refractivity contribution is 5.88. The zero-order valence-electron chi connectivity index (χ0n) is 24.3. The summed E-state index contributed by atoms with van der Waals surface area (Å²) in [5.41, 5.74) is -1.47. The van der Waals surface area contributed by atoms with Gasteiger partial charge < -0.3 is 79.2 Å². The number of rotatable bonds is 8. The monoisotopic (exact) mass is 654 g/mol. The van der Waals surface area contributed by atoms with Gasteiger partial charge >= 0.3 is 0 Å². The highest BCUT2D eigenvalue weighted by Crippen LogP contribution is 2.47. The lowest BCUT2D eigenvalue weighted by Gasteiger charge is -2.42. The summed E-state index contributed by atoms with van der Waals surface area (Å²) in [6.07, 6.45) is -17.7. The minimum Gasteiger partial charge on any atom is -0.506 e. The van der Waals surface area contributed by atoms with Gasteiger partial charge in [0.25, 0.3) is 0 Å². The van der Waals surface area contributed by atoms with Crippen molar-refractivity contribution in [1.29, 1.82) is 0 Å². The number of ether oxygens (including phenoxy) is 5. The number of aromatic hydroxyl groups is 2. The van der Waals surface area contributed by atoms with Crippen molar-refractivity contribution in [1.82, 2.24) is 0 Å². The smallest absolute Gasteiger partial charge is 0.229 e. The van der Waals surface area contributed by atoms with Crippen LogP contribution in [0.5, 0.6) is 28.7 Å². The van der Waals surface area contributed by atoms with Gasteiger partial charge in [-0.25, -0.2) is 0 Å². The number of phenols is 2. The van der Waals surface area contributed by atoms with Crippen LogP contribution in [-0.2, 0) is 9.47 Å². The summed E-state index contributed by atoms with van der Waals surface area (Å²) in [6, 6.07) is 4.74. The Labute approximate surface area is 259 Å². The average molecular weight is 655 g/mol. The summed E-state index contributed by atoms with van der Waals surface area (Å²) < 4.78 is 33.1. The van der Waals surface area contributed by atoms with Crippen LogP contribution in [0.25, 0.3) is 22.3 Å². The van der Waals surface area contributed by atoms with Gasteiger partial charge in [-0.3, -0.25) is 4.79 Å². The number of benzene rings is 2. The molecule has 3 aromatic rings. The zero-order chi connectivity index (χ0) is 33.6. The Morgan fingerprint density at radius 1 is 0.696 bits per heavy atom. The fraction of sp³-hybridized carbons (Fsp3) is 0.483. The molecule has 10 atom stereocenters. The zero-order valence-corrected chi connectivity index (χ0v) is 24.3. The van der Waals surface area contributed by atoms with Gasteiger partial charge in [0.15, 0.2) is 16.9 Å². The summed E-state index contributed by atoms with van der Waals surface area (Å²) in [5, 5.41) is 103. The molecular formula is C29H34O17. The summed E-state index contributed by atoms with van der Waals surface area (Å²) in [6.45, 7) is -1.63. The Kier molecular flexibility index (Phi) is 9.62. The van der Waals surface area contributed by atoms with Gasteiger partial charge in [-0.15, -0.1) is 0 Å². The number of fused-ring (bicyclic) bond motifs is 1. The minimum absolute atomic E-state index is 0.0236. The maximum atomic E-state index is 13.5. The molecule has 5 rings (SSSR count). The van der Waals surface area contributed by atoms with Crippen LogP contribution in [0.1, 0.15) is 11.7 Å². The van der Waals surface area contributed by atoms with Crippen LogP contribution >= 0.6 is 0 Å². The van der Waals surface area contributed by atoms with Crippen LogP contribution in [0, 0.1) is 0 Å². The molecule has 0 radical (unpaired) electrons. The maximum Gasteiger partial charge on any atom is 0.229 e. The molecule has 2 aliphatic heterocycles. The molecule has 1 aromatic heterocycles. The van der Waals surface area contributed by atoms with Crippen molar-refractivity contribution in [3.8, 4) is 40.1 Å². The lowest BCUT2D eigenvalue weighted by molar-refractivity contribution is -0.278. The molecule has 0 spiro atoms. The first-order valence-electron chi connectivity index (χ1n) is 13.9. The molecule has 0 unspecified atom stereocenters. The van der Waals surface area contributed by atoms with Gasteiger partial charge in [0.1, 0.15) is 83.2 Å². The minimum atomic E-state index is -1.97. The SMILES string of the molecule is COc1cc(-c2cc(=O)c3c(O)c([C@H]4O[C@@H](CO)[C@@H](O)[C@@H](O)[C@@H]4O)c(O[C@H]4O[C@@H](CO)[C@H](O)[C@H](O)[C@@H]4O)cc3o2)cc(OC)c1O. The molecule has 0 saturated carbocycles. The number of phenolic OH excluding ortho intramolecular Hbond substituents is 2. The summed E-state index contributed by atoms with van der Waals surface area (Å²) >= 11 is 0. The number of hydrogen-bond acceptors (Lipinski definition) is 17. The first-order chi connectivity index (χ1) is 21.9. The number of aliphatic hydroxyl groups excluding tert-OH is 8. The fourth-order valence-corrected chi connectivity index (χ4v) is 5.48. The second-order valence-electron chi connectivity index (χ2n) is 10.8. The molecule has 0 bridgehead atoms. The van der Waals surface area contributed by atoms with Gasteiger partial charge in [0, 0.05) is 17.7 Å². The maximum absolute atomic E-state index is 13.5.